The molecule has 0 aliphatic rings. The number of nitrogens with zero attached hydrogens (tertiary/aromatic N) is 1. The van der Waals surface area contributed by atoms with Gasteiger partial charge in [-0.25, -0.2) is 0 Å². The Morgan fingerprint density at radius 2 is 1.35 bits per heavy atom. The van der Waals surface area contributed by atoms with Crippen molar-refractivity contribution >= 4 is 5.97 Å². The molecule has 0 amide bonds. The second-order valence-electron chi connectivity index (χ2n) is 7.46. The van der Waals surface area contributed by atoms with Crippen LogP contribution in [-0.4, -0.2) is 37.6 Å². The van der Waals surface area contributed by atoms with Gasteiger partial charge in [-0.2, -0.15) is 0 Å². The van der Waals surface area contributed by atoms with Crippen LogP contribution in [0.3, 0.4) is 0 Å². The number of esters is 1. The van der Waals surface area contributed by atoms with Gasteiger partial charge in [-0.1, -0.05) is 78.6 Å². The number of unbranched alkanes of at least 4 members (excludes halogenated alkanes) is 9. The van der Waals surface area contributed by atoms with E-state index >= 15 is 0 Å². The van der Waals surface area contributed by atoms with E-state index in [0.717, 1.165) is 12.8 Å². The summed E-state index contributed by atoms with van der Waals surface area (Å²) < 4.78 is 5.46. The van der Waals surface area contributed by atoms with Gasteiger partial charge in [-0.05, 0) is 32.9 Å². The van der Waals surface area contributed by atoms with Gasteiger partial charge in [0, 0.05) is 0 Å². The molecule has 0 radical (unpaired) electrons. The summed E-state index contributed by atoms with van der Waals surface area (Å²) in [6, 6.07) is -0.0990. The van der Waals surface area contributed by atoms with Crippen LogP contribution in [0.4, 0.5) is 0 Å². The molecule has 0 aromatic carbocycles. The molecule has 0 saturated heterocycles. The van der Waals surface area contributed by atoms with Crippen molar-refractivity contribution in [3.8, 4) is 0 Å². The highest BCUT2D eigenvalue weighted by atomic mass is 16.5. The molecule has 0 bridgehead atoms. The molecule has 1 unspecified atom stereocenters. The van der Waals surface area contributed by atoms with Gasteiger partial charge in [0.2, 0.25) is 0 Å². The Hall–Kier alpha value is -0.570. The minimum absolute atomic E-state index is 0.0559. The minimum Gasteiger partial charge on any atom is -0.465 e. The SMILES string of the molecule is CCCCCCCCCCCCOC(=O)C(CC(C)C)N(C)C. The van der Waals surface area contributed by atoms with E-state index in [-0.39, 0.29) is 12.0 Å². The summed E-state index contributed by atoms with van der Waals surface area (Å²) in [5, 5.41) is 0. The lowest BCUT2D eigenvalue weighted by Gasteiger charge is -2.24. The van der Waals surface area contributed by atoms with Crippen LogP contribution in [0, 0.1) is 5.92 Å². The minimum atomic E-state index is -0.0990. The number of ether oxygens (including phenoxy) is 1. The van der Waals surface area contributed by atoms with Gasteiger partial charge in [0.25, 0.3) is 0 Å². The molecule has 0 aromatic rings. The number of hydrogen-bond acceptors (Lipinski definition) is 3. The van der Waals surface area contributed by atoms with E-state index in [1.54, 1.807) is 0 Å². The van der Waals surface area contributed by atoms with Crippen molar-refractivity contribution in [3.05, 3.63) is 0 Å². The first-order valence-electron chi connectivity index (χ1n) is 9.82. The van der Waals surface area contributed by atoms with E-state index in [2.05, 4.69) is 20.8 Å². The van der Waals surface area contributed by atoms with Crippen molar-refractivity contribution in [2.45, 2.75) is 97.4 Å². The Morgan fingerprint density at radius 1 is 0.870 bits per heavy atom. The molecule has 0 aromatic heterocycles. The molecule has 0 fully saturated rings. The van der Waals surface area contributed by atoms with Gasteiger partial charge < -0.3 is 4.74 Å². The van der Waals surface area contributed by atoms with Crippen molar-refractivity contribution in [1.29, 1.82) is 0 Å². The zero-order valence-corrected chi connectivity index (χ0v) is 16.4. The third-order valence-corrected chi connectivity index (χ3v) is 4.33. The van der Waals surface area contributed by atoms with Gasteiger partial charge in [0.15, 0.2) is 0 Å². The maximum Gasteiger partial charge on any atom is 0.323 e. The van der Waals surface area contributed by atoms with Crippen LogP contribution in [-0.2, 0) is 9.53 Å². The third-order valence-electron chi connectivity index (χ3n) is 4.33. The van der Waals surface area contributed by atoms with Gasteiger partial charge in [-0.3, -0.25) is 9.69 Å². The Bertz CT molecular complexity index is 277. The average Bonchev–Trinajstić information content (AvgIpc) is 2.49. The van der Waals surface area contributed by atoms with E-state index in [0.29, 0.717) is 12.5 Å². The molecule has 0 N–H and O–H groups in total. The highest BCUT2D eigenvalue weighted by Crippen LogP contribution is 2.12. The normalized spacial score (nSPS) is 12.8. The van der Waals surface area contributed by atoms with Crippen LogP contribution in [0.1, 0.15) is 91.4 Å². The van der Waals surface area contributed by atoms with Gasteiger partial charge in [0.05, 0.1) is 6.61 Å². The van der Waals surface area contributed by atoms with Gasteiger partial charge in [-0.15, -0.1) is 0 Å². The standard InChI is InChI=1S/C20H41NO2/c1-6-7-8-9-10-11-12-13-14-15-16-23-20(22)19(21(4)5)17-18(2)3/h18-19H,6-17H2,1-5H3. The fourth-order valence-corrected chi connectivity index (χ4v) is 2.82. The van der Waals surface area contributed by atoms with E-state index in [1.165, 1.54) is 57.8 Å². The van der Waals surface area contributed by atoms with Gasteiger partial charge >= 0.3 is 5.97 Å². The first-order chi connectivity index (χ1) is 11.0. The zero-order valence-electron chi connectivity index (χ0n) is 16.4. The average molecular weight is 328 g/mol. The van der Waals surface area contributed by atoms with Crippen LogP contribution < -0.4 is 0 Å². The number of carbonyl (C=O) groups excluding carboxylic acids is 1. The lowest BCUT2D eigenvalue weighted by atomic mass is 10.0. The lowest BCUT2D eigenvalue weighted by Crippen LogP contribution is -2.38. The predicted molar refractivity (Wildman–Crippen MR) is 99.7 cm³/mol. The van der Waals surface area contributed by atoms with E-state index in [9.17, 15) is 4.79 Å². The van der Waals surface area contributed by atoms with Crippen molar-refractivity contribution in [1.82, 2.24) is 4.90 Å². The largest absolute Gasteiger partial charge is 0.465 e. The highest BCUT2D eigenvalue weighted by molar-refractivity contribution is 5.75. The van der Waals surface area contributed by atoms with E-state index < -0.39 is 0 Å². The lowest BCUT2D eigenvalue weighted by molar-refractivity contribution is -0.149. The number of hydrogen-bond donors (Lipinski definition) is 0. The number of carbonyl (C=O) groups is 1. The molecule has 23 heavy (non-hydrogen) atoms. The first kappa shape index (κ1) is 22.4. The second-order valence-corrected chi connectivity index (χ2v) is 7.46. The van der Waals surface area contributed by atoms with Crippen LogP contribution in [0.2, 0.25) is 0 Å². The Morgan fingerprint density at radius 3 is 1.78 bits per heavy atom. The summed E-state index contributed by atoms with van der Waals surface area (Å²) in [5.41, 5.74) is 0. The summed E-state index contributed by atoms with van der Waals surface area (Å²) in [5.74, 6) is 0.451. The van der Waals surface area contributed by atoms with E-state index in [4.69, 9.17) is 4.74 Å². The molecule has 0 aliphatic heterocycles. The molecular formula is C20H41NO2. The van der Waals surface area contributed by atoms with Crippen LogP contribution in [0.15, 0.2) is 0 Å². The van der Waals surface area contributed by atoms with Crippen LogP contribution in [0.5, 0.6) is 0 Å². The van der Waals surface area contributed by atoms with Crippen LogP contribution >= 0.6 is 0 Å². The maximum absolute atomic E-state index is 12.1. The molecule has 3 nitrogen and oxygen atoms in total. The predicted octanol–water partition coefficient (Wildman–Crippen LogP) is 5.43. The number of rotatable bonds is 15. The van der Waals surface area contributed by atoms with Gasteiger partial charge in [0.1, 0.15) is 6.04 Å². The summed E-state index contributed by atoms with van der Waals surface area (Å²) >= 11 is 0. The Kier molecular flexibility index (Phi) is 14.6. The van der Waals surface area contributed by atoms with Crippen LogP contribution in [0.25, 0.3) is 0 Å². The number of likely N-dealkylation sites (N-methyl/N-ethyl adjacent to an activating group) is 1. The van der Waals surface area contributed by atoms with Crippen molar-refractivity contribution in [2.24, 2.45) is 5.92 Å². The molecule has 3 heteroatoms. The maximum atomic E-state index is 12.1. The summed E-state index contributed by atoms with van der Waals surface area (Å²) in [4.78, 5) is 14.1. The molecule has 0 spiro atoms. The smallest absolute Gasteiger partial charge is 0.323 e. The monoisotopic (exact) mass is 327 g/mol. The molecule has 0 aliphatic carbocycles. The molecule has 0 heterocycles. The molecule has 1 atom stereocenters. The first-order valence-corrected chi connectivity index (χ1v) is 9.82. The van der Waals surface area contributed by atoms with Crippen molar-refractivity contribution in [2.75, 3.05) is 20.7 Å². The molecule has 0 saturated carbocycles. The molecule has 0 rings (SSSR count). The van der Waals surface area contributed by atoms with Crippen molar-refractivity contribution < 1.29 is 9.53 Å². The summed E-state index contributed by atoms with van der Waals surface area (Å²) in [7, 11) is 3.91. The Balaban J connectivity index is 3.54. The summed E-state index contributed by atoms with van der Waals surface area (Å²) in [6.07, 6.45) is 13.9. The second kappa shape index (κ2) is 15.0. The molecular weight excluding hydrogens is 286 g/mol. The molecule has 138 valence electrons. The third kappa shape index (κ3) is 13.6. The Labute approximate surface area is 145 Å². The van der Waals surface area contributed by atoms with Crippen molar-refractivity contribution in [3.63, 3.8) is 0 Å². The zero-order chi connectivity index (χ0) is 17.5. The quantitative estimate of drug-likeness (QED) is 0.297. The topological polar surface area (TPSA) is 29.5 Å². The fourth-order valence-electron chi connectivity index (χ4n) is 2.82. The highest BCUT2D eigenvalue weighted by Gasteiger charge is 2.23. The van der Waals surface area contributed by atoms with E-state index in [1.807, 2.05) is 19.0 Å². The summed E-state index contributed by atoms with van der Waals surface area (Å²) in [6.45, 7) is 7.13. The fraction of sp³-hybridized carbons (Fsp3) is 0.950.